The Morgan fingerprint density at radius 2 is 1.93 bits per heavy atom. The third-order valence-electron chi connectivity index (χ3n) is 5.02. The molecular weight excluding hydrogens is 417 g/mol. The first-order valence-electron chi connectivity index (χ1n) is 9.30. The molecule has 0 saturated heterocycles. The van der Waals surface area contributed by atoms with Crippen molar-refractivity contribution in [2.45, 2.75) is 36.4 Å². The van der Waals surface area contributed by atoms with E-state index in [2.05, 4.69) is 14.7 Å². The summed E-state index contributed by atoms with van der Waals surface area (Å²) < 4.78 is 67.9. The molecule has 2 aromatic heterocycles. The predicted octanol–water partition coefficient (Wildman–Crippen LogP) is 3.80. The van der Waals surface area contributed by atoms with E-state index in [0.29, 0.717) is 22.9 Å². The molecule has 1 aliphatic carbocycles. The second-order valence-electron chi connectivity index (χ2n) is 7.17. The van der Waals surface area contributed by atoms with Crippen LogP contribution < -0.4 is 4.72 Å². The minimum atomic E-state index is -4.46. The molecule has 1 fully saturated rings. The van der Waals surface area contributed by atoms with Gasteiger partial charge >= 0.3 is 6.18 Å². The van der Waals surface area contributed by atoms with E-state index in [0.717, 1.165) is 31.2 Å². The number of hydrogen-bond donors (Lipinski definition) is 1. The molecule has 4 rings (SSSR count). The van der Waals surface area contributed by atoms with E-state index in [1.807, 2.05) is 10.8 Å². The average Bonchev–Trinajstić information content (AvgIpc) is 3.45. The Morgan fingerprint density at radius 3 is 2.60 bits per heavy atom. The van der Waals surface area contributed by atoms with Crippen molar-refractivity contribution in [3.63, 3.8) is 0 Å². The van der Waals surface area contributed by atoms with Gasteiger partial charge in [0.1, 0.15) is 0 Å². The van der Waals surface area contributed by atoms with Gasteiger partial charge in [-0.25, -0.2) is 18.1 Å². The summed E-state index contributed by atoms with van der Waals surface area (Å²) in [5, 5.41) is 0. The Morgan fingerprint density at radius 1 is 1.17 bits per heavy atom. The van der Waals surface area contributed by atoms with Gasteiger partial charge in [0.15, 0.2) is 0 Å². The Balaban J connectivity index is 1.77. The van der Waals surface area contributed by atoms with Crippen LogP contribution in [-0.2, 0) is 22.6 Å². The number of rotatable bonds is 6. The first kappa shape index (κ1) is 20.5. The van der Waals surface area contributed by atoms with Crippen molar-refractivity contribution < 1.29 is 21.6 Å². The molecule has 6 nitrogen and oxygen atoms in total. The van der Waals surface area contributed by atoms with Crippen molar-refractivity contribution in [1.29, 1.82) is 0 Å². The second-order valence-corrected chi connectivity index (χ2v) is 9.06. The van der Waals surface area contributed by atoms with Crippen LogP contribution in [-0.4, -0.2) is 30.0 Å². The Labute approximate surface area is 171 Å². The smallest absolute Gasteiger partial charge is 0.334 e. The number of pyridine rings is 1. The lowest BCUT2D eigenvalue weighted by atomic mass is 10.00. The molecule has 0 aliphatic heterocycles. The number of nitrogens with zero attached hydrogens (tertiary/aromatic N) is 3. The summed E-state index contributed by atoms with van der Waals surface area (Å²) >= 11 is 0. The maximum atomic E-state index is 13.0. The number of hydrogen-bond acceptors (Lipinski definition) is 4. The van der Waals surface area contributed by atoms with Crippen LogP contribution in [0.2, 0.25) is 0 Å². The van der Waals surface area contributed by atoms with Crippen LogP contribution in [0.4, 0.5) is 13.2 Å². The van der Waals surface area contributed by atoms with Gasteiger partial charge in [0.05, 0.1) is 22.5 Å². The minimum absolute atomic E-state index is 0.0572. The van der Waals surface area contributed by atoms with Gasteiger partial charge in [0.2, 0.25) is 10.0 Å². The predicted molar refractivity (Wildman–Crippen MR) is 104 cm³/mol. The number of nitrogens with one attached hydrogen (secondary N) is 1. The summed E-state index contributed by atoms with van der Waals surface area (Å²) in [6.45, 7) is 0. The number of imidazole rings is 1. The van der Waals surface area contributed by atoms with E-state index in [1.54, 1.807) is 12.4 Å². The molecule has 0 amide bonds. The minimum Gasteiger partial charge on any atom is -0.334 e. The van der Waals surface area contributed by atoms with Gasteiger partial charge in [-0.3, -0.25) is 4.98 Å². The topological polar surface area (TPSA) is 76.9 Å². The summed E-state index contributed by atoms with van der Waals surface area (Å²) in [5.41, 5.74) is 1.21. The first-order chi connectivity index (χ1) is 14.2. The molecule has 0 unspecified atom stereocenters. The lowest BCUT2D eigenvalue weighted by molar-refractivity contribution is -0.137. The van der Waals surface area contributed by atoms with E-state index >= 15 is 0 Å². The third-order valence-corrected chi connectivity index (χ3v) is 6.43. The van der Waals surface area contributed by atoms with Gasteiger partial charge in [-0.1, -0.05) is 6.07 Å². The van der Waals surface area contributed by atoms with Crippen LogP contribution in [0.25, 0.3) is 11.3 Å². The molecule has 30 heavy (non-hydrogen) atoms. The maximum Gasteiger partial charge on any atom is 0.416 e. The van der Waals surface area contributed by atoms with Crippen molar-refractivity contribution in [2.75, 3.05) is 7.05 Å². The SMILES string of the molecule is CNS(=O)(=O)c1ccc(Cc2cc(C(F)(F)F)ccn2)c(-c2cn(C3CC3)cn2)c1. The fraction of sp³-hybridized carbons (Fsp3) is 0.300. The summed E-state index contributed by atoms with van der Waals surface area (Å²) in [7, 11) is -2.37. The molecule has 2 heterocycles. The number of sulfonamides is 1. The van der Waals surface area contributed by atoms with E-state index in [4.69, 9.17) is 0 Å². The highest BCUT2D eigenvalue weighted by molar-refractivity contribution is 7.89. The number of halogens is 3. The van der Waals surface area contributed by atoms with Gasteiger partial charge in [-0.15, -0.1) is 0 Å². The van der Waals surface area contributed by atoms with Crippen molar-refractivity contribution >= 4 is 10.0 Å². The summed E-state index contributed by atoms with van der Waals surface area (Å²) in [4.78, 5) is 8.52. The zero-order valence-corrected chi connectivity index (χ0v) is 16.8. The molecule has 158 valence electrons. The van der Waals surface area contributed by atoms with Crippen molar-refractivity contribution in [3.05, 3.63) is 65.9 Å². The van der Waals surface area contributed by atoms with Crippen LogP contribution in [0.5, 0.6) is 0 Å². The molecule has 0 spiro atoms. The molecule has 0 bridgehead atoms. The van der Waals surface area contributed by atoms with Crippen LogP contribution >= 0.6 is 0 Å². The van der Waals surface area contributed by atoms with E-state index in [-0.39, 0.29) is 17.0 Å². The lowest BCUT2D eigenvalue weighted by Crippen LogP contribution is -2.18. The van der Waals surface area contributed by atoms with Gasteiger partial charge < -0.3 is 4.57 Å². The fourth-order valence-corrected chi connectivity index (χ4v) is 3.98. The highest BCUT2D eigenvalue weighted by Gasteiger charge is 2.31. The molecule has 10 heteroatoms. The maximum absolute atomic E-state index is 13.0. The van der Waals surface area contributed by atoms with Gasteiger partial charge in [-0.2, -0.15) is 13.2 Å². The largest absolute Gasteiger partial charge is 0.416 e. The summed E-state index contributed by atoms with van der Waals surface area (Å²) in [5.74, 6) is 0. The third kappa shape index (κ3) is 4.24. The Bertz CT molecular complexity index is 1180. The zero-order chi connectivity index (χ0) is 21.5. The quantitative estimate of drug-likeness (QED) is 0.638. The first-order valence-corrected chi connectivity index (χ1v) is 10.8. The Kier molecular flexibility index (Phi) is 5.15. The molecule has 1 aromatic carbocycles. The van der Waals surface area contributed by atoms with Crippen molar-refractivity contribution in [3.8, 4) is 11.3 Å². The molecule has 0 atom stereocenters. The fourth-order valence-electron chi connectivity index (χ4n) is 3.23. The molecule has 0 radical (unpaired) electrons. The molecule has 1 aliphatic rings. The highest BCUT2D eigenvalue weighted by atomic mass is 32.2. The average molecular weight is 436 g/mol. The molecule has 1 saturated carbocycles. The van der Waals surface area contributed by atoms with Crippen LogP contribution in [0.3, 0.4) is 0 Å². The van der Waals surface area contributed by atoms with Crippen LogP contribution in [0.1, 0.15) is 35.7 Å². The van der Waals surface area contributed by atoms with Gasteiger partial charge in [0, 0.05) is 36.1 Å². The van der Waals surface area contributed by atoms with Crippen LogP contribution in [0.15, 0.2) is 53.9 Å². The van der Waals surface area contributed by atoms with E-state index < -0.39 is 21.8 Å². The molecular formula is C20H19F3N4O2S. The number of alkyl halides is 3. The van der Waals surface area contributed by atoms with Crippen molar-refractivity contribution in [1.82, 2.24) is 19.3 Å². The number of aromatic nitrogens is 3. The zero-order valence-electron chi connectivity index (χ0n) is 16.0. The monoisotopic (exact) mass is 436 g/mol. The van der Waals surface area contributed by atoms with E-state index in [9.17, 15) is 21.6 Å². The molecule has 3 aromatic rings. The van der Waals surface area contributed by atoms with Gasteiger partial charge in [0.25, 0.3) is 0 Å². The lowest BCUT2D eigenvalue weighted by Gasteiger charge is -2.12. The van der Waals surface area contributed by atoms with E-state index in [1.165, 1.54) is 19.2 Å². The van der Waals surface area contributed by atoms with Gasteiger partial charge in [-0.05, 0) is 49.7 Å². The summed E-state index contributed by atoms with van der Waals surface area (Å²) in [6.07, 6.45) is 2.42. The second kappa shape index (κ2) is 7.51. The Hall–Kier alpha value is -2.72. The van der Waals surface area contributed by atoms with Crippen molar-refractivity contribution in [2.24, 2.45) is 0 Å². The standard InChI is InChI=1S/C20H19F3N4O2S/c1-24-30(28,29)17-5-2-13(8-15-9-14(6-7-25-15)20(21,22)23)18(10-17)19-11-27(12-26-19)16-3-4-16/h2,5-7,9-12,16,24H,3-4,8H2,1H3. The highest BCUT2D eigenvalue weighted by Crippen LogP contribution is 2.36. The normalized spacial score (nSPS) is 14.8. The molecule has 1 N–H and O–H groups in total. The number of benzene rings is 1. The van der Waals surface area contributed by atoms with Crippen LogP contribution in [0, 0.1) is 0 Å². The summed E-state index contributed by atoms with van der Waals surface area (Å²) in [6, 6.07) is 6.83.